The van der Waals surface area contributed by atoms with E-state index in [9.17, 15) is 8.42 Å². The monoisotopic (exact) mass is 274 g/mol. The molecule has 102 valence electrons. The minimum absolute atomic E-state index is 0.418. The van der Waals surface area contributed by atoms with Crippen molar-refractivity contribution < 1.29 is 22.1 Å². The minimum atomic E-state index is -3.43. The highest BCUT2D eigenvalue weighted by Gasteiger charge is 2.12. The zero-order chi connectivity index (χ0) is 13.8. The van der Waals surface area contributed by atoms with Crippen LogP contribution in [-0.4, -0.2) is 35.0 Å². The van der Waals surface area contributed by atoms with E-state index >= 15 is 0 Å². The van der Waals surface area contributed by atoms with Gasteiger partial charge in [-0.2, -0.15) is 8.42 Å². The van der Waals surface area contributed by atoms with E-state index in [0.29, 0.717) is 17.9 Å². The summed E-state index contributed by atoms with van der Waals surface area (Å²) >= 11 is 0. The first-order valence-electron chi connectivity index (χ1n) is 5.45. The molecule has 0 bridgehead atoms. The lowest BCUT2D eigenvalue weighted by Crippen LogP contribution is -2.16. The standard InChI is InChI=1S/C12H18O5S/c1-9(17-18(4,13)14)7-10-5-6-11(15-2)12(8-10)16-3/h5-6,8-9H,7H2,1-4H3/t9-/m0/s1. The molecule has 0 heterocycles. The van der Waals surface area contributed by atoms with Crippen molar-refractivity contribution in [2.75, 3.05) is 20.5 Å². The van der Waals surface area contributed by atoms with Gasteiger partial charge in [-0.3, -0.25) is 4.18 Å². The van der Waals surface area contributed by atoms with Crippen LogP contribution in [0.5, 0.6) is 11.5 Å². The van der Waals surface area contributed by atoms with Gasteiger partial charge in [0.1, 0.15) is 0 Å². The molecule has 0 saturated carbocycles. The smallest absolute Gasteiger partial charge is 0.264 e. The highest BCUT2D eigenvalue weighted by Crippen LogP contribution is 2.28. The van der Waals surface area contributed by atoms with Crippen molar-refractivity contribution in [3.8, 4) is 11.5 Å². The summed E-state index contributed by atoms with van der Waals surface area (Å²) < 4.78 is 37.1. The molecule has 0 spiro atoms. The van der Waals surface area contributed by atoms with E-state index < -0.39 is 16.2 Å². The van der Waals surface area contributed by atoms with Gasteiger partial charge in [-0.05, 0) is 31.0 Å². The average Bonchev–Trinajstić information content (AvgIpc) is 2.26. The van der Waals surface area contributed by atoms with Gasteiger partial charge in [-0.15, -0.1) is 0 Å². The van der Waals surface area contributed by atoms with Crippen LogP contribution in [-0.2, 0) is 20.7 Å². The molecule has 6 heteroatoms. The van der Waals surface area contributed by atoms with E-state index in [1.807, 2.05) is 6.07 Å². The van der Waals surface area contributed by atoms with Crippen LogP contribution in [0.2, 0.25) is 0 Å². The third-order valence-corrected chi connectivity index (χ3v) is 2.99. The lowest BCUT2D eigenvalue weighted by atomic mass is 10.1. The molecule has 5 nitrogen and oxygen atoms in total. The summed E-state index contributed by atoms with van der Waals surface area (Å²) in [7, 11) is -0.312. The SMILES string of the molecule is COc1ccc(C[C@H](C)OS(C)(=O)=O)cc1OC. The third kappa shape index (κ3) is 4.54. The predicted octanol–water partition coefficient (Wildman–Crippen LogP) is 1.61. The third-order valence-electron chi connectivity index (χ3n) is 2.31. The molecule has 0 radical (unpaired) electrons. The lowest BCUT2D eigenvalue weighted by Gasteiger charge is -2.13. The Hall–Kier alpha value is -1.27. The summed E-state index contributed by atoms with van der Waals surface area (Å²) in [6.07, 6.45) is 1.10. The molecule has 0 aliphatic rings. The molecule has 1 aromatic carbocycles. The largest absolute Gasteiger partial charge is 0.493 e. The normalized spacial score (nSPS) is 13.1. The Morgan fingerprint density at radius 3 is 2.28 bits per heavy atom. The van der Waals surface area contributed by atoms with Crippen LogP contribution >= 0.6 is 0 Å². The fourth-order valence-corrected chi connectivity index (χ4v) is 2.34. The van der Waals surface area contributed by atoms with Gasteiger partial charge in [0, 0.05) is 0 Å². The van der Waals surface area contributed by atoms with E-state index in [1.54, 1.807) is 33.3 Å². The van der Waals surface area contributed by atoms with Crippen LogP contribution < -0.4 is 9.47 Å². The first-order valence-corrected chi connectivity index (χ1v) is 7.26. The number of hydrogen-bond acceptors (Lipinski definition) is 5. The maximum atomic E-state index is 11.0. The Kier molecular flexibility index (Phi) is 4.98. The van der Waals surface area contributed by atoms with E-state index in [0.717, 1.165) is 11.8 Å². The highest BCUT2D eigenvalue weighted by molar-refractivity contribution is 7.86. The van der Waals surface area contributed by atoms with Crippen LogP contribution in [0.1, 0.15) is 12.5 Å². The minimum Gasteiger partial charge on any atom is -0.493 e. The van der Waals surface area contributed by atoms with Gasteiger partial charge in [0.15, 0.2) is 11.5 Å². The Morgan fingerprint density at radius 2 is 1.78 bits per heavy atom. The Bertz CT molecular complexity index is 495. The number of hydrogen-bond donors (Lipinski definition) is 0. The first-order chi connectivity index (χ1) is 8.35. The van der Waals surface area contributed by atoms with Gasteiger partial charge in [-0.1, -0.05) is 6.07 Å². The Balaban J connectivity index is 2.79. The van der Waals surface area contributed by atoms with Crippen LogP contribution in [0, 0.1) is 0 Å². The van der Waals surface area contributed by atoms with Crippen molar-refractivity contribution in [1.82, 2.24) is 0 Å². The topological polar surface area (TPSA) is 61.8 Å². The van der Waals surface area contributed by atoms with E-state index in [-0.39, 0.29) is 0 Å². The number of ether oxygens (including phenoxy) is 2. The number of methoxy groups -OCH3 is 2. The molecule has 0 unspecified atom stereocenters. The molecule has 18 heavy (non-hydrogen) atoms. The summed E-state index contributed by atoms with van der Waals surface area (Å²) in [4.78, 5) is 0. The van der Waals surface area contributed by atoms with Gasteiger partial charge in [0.2, 0.25) is 0 Å². The number of benzene rings is 1. The van der Waals surface area contributed by atoms with Crippen molar-refractivity contribution in [2.45, 2.75) is 19.4 Å². The molecule has 0 fully saturated rings. The fraction of sp³-hybridized carbons (Fsp3) is 0.500. The zero-order valence-corrected chi connectivity index (χ0v) is 11.8. The van der Waals surface area contributed by atoms with Gasteiger partial charge in [0.05, 0.1) is 26.6 Å². The van der Waals surface area contributed by atoms with Gasteiger partial charge in [0.25, 0.3) is 10.1 Å². The summed E-state index contributed by atoms with van der Waals surface area (Å²) in [6.45, 7) is 1.71. The van der Waals surface area contributed by atoms with Crippen LogP contribution in [0.25, 0.3) is 0 Å². The van der Waals surface area contributed by atoms with Gasteiger partial charge in [-0.25, -0.2) is 0 Å². The summed E-state index contributed by atoms with van der Waals surface area (Å²) in [6, 6.07) is 5.44. The van der Waals surface area contributed by atoms with E-state index in [4.69, 9.17) is 13.7 Å². The number of rotatable bonds is 6. The van der Waals surface area contributed by atoms with Gasteiger partial charge >= 0.3 is 0 Å². The molecule has 1 atom stereocenters. The lowest BCUT2D eigenvalue weighted by molar-refractivity contribution is 0.231. The first kappa shape index (κ1) is 14.8. The molecule has 0 amide bonds. The fourth-order valence-electron chi connectivity index (χ4n) is 1.67. The van der Waals surface area contributed by atoms with Crippen molar-refractivity contribution in [3.05, 3.63) is 23.8 Å². The second-order valence-electron chi connectivity index (χ2n) is 4.00. The van der Waals surface area contributed by atoms with Crippen LogP contribution in [0.15, 0.2) is 18.2 Å². The molecule has 0 aliphatic heterocycles. The quantitative estimate of drug-likeness (QED) is 0.737. The Labute approximate surface area is 108 Å². The maximum Gasteiger partial charge on any atom is 0.264 e. The van der Waals surface area contributed by atoms with E-state index in [2.05, 4.69) is 0 Å². The predicted molar refractivity (Wildman–Crippen MR) is 68.6 cm³/mol. The highest BCUT2D eigenvalue weighted by atomic mass is 32.2. The molecular weight excluding hydrogens is 256 g/mol. The molecule has 0 N–H and O–H groups in total. The van der Waals surface area contributed by atoms with Gasteiger partial charge < -0.3 is 9.47 Å². The van der Waals surface area contributed by atoms with E-state index in [1.165, 1.54) is 0 Å². The van der Waals surface area contributed by atoms with Crippen molar-refractivity contribution in [3.63, 3.8) is 0 Å². The summed E-state index contributed by atoms with van der Waals surface area (Å²) in [5.74, 6) is 1.25. The van der Waals surface area contributed by atoms with Crippen LogP contribution in [0.4, 0.5) is 0 Å². The van der Waals surface area contributed by atoms with Crippen LogP contribution in [0.3, 0.4) is 0 Å². The molecule has 0 saturated heterocycles. The summed E-state index contributed by atoms with van der Waals surface area (Å²) in [5, 5.41) is 0. The average molecular weight is 274 g/mol. The molecule has 1 rings (SSSR count). The second kappa shape index (κ2) is 6.06. The zero-order valence-electron chi connectivity index (χ0n) is 11.0. The molecular formula is C12H18O5S. The maximum absolute atomic E-state index is 11.0. The Morgan fingerprint density at radius 1 is 1.17 bits per heavy atom. The second-order valence-corrected chi connectivity index (χ2v) is 5.61. The summed E-state index contributed by atoms with van der Waals surface area (Å²) in [5.41, 5.74) is 0.920. The molecule has 1 aromatic rings. The van der Waals surface area contributed by atoms with Crippen molar-refractivity contribution in [2.24, 2.45) is 0 Å². The van der Waals surface area contributed by atoms with Crippen molar-refractivity contribution in [1.29, 1.82) is 0 Å². The van der Waals surface area contributed by atoms with Crippen molar-refractivity contribution >= 4 is 10.1 Å². The molecule has 0 aliphatic carbocycles. The molecule has 0 aromatic heterocycles.